The van der Waals surface area contributed by atoms with Crippen LogP contribution in [0.25, 0.3) is 11.5 Å². The van der Waals surface area contributed by atoms with Crippen molar-refractivity contribution in [3.8, 4) is 11.5 Å². The van der Waals surface area contributed by atoms with Crippen molar-refractivity contribution >= 4 is 11.9 Å². The number of rotatable bonds is 3. The molecule has 2 heterocycles. The Balaban J connectivity index is 1.73. The molecule has 0 radical (unpaired) electrons. The second-order valence-electron chi connectivity index (χ2n) is 4.44. The maximum absolute atomic E-state index is 11.9. The molecule has 0 fully saturated rings. The van der Waals surface area contributed by atoms with E-state index in [1.165, 1.54) is 6.26 Å². The highest BCUT2D eigenvalue weighted by molar-refractivity contribution is 6.00. The lowest BCUT2D eigenvalue weighted by Gasteiger charge is -2.13. The molecule has 0 bridgehead atoms. The van der Waals surface area contributed by atoms with E-state index in [0.29, 0.717) is 19.1 Å². The Morgan fingerprint density at radius 2 is 2.19 bits per heavy atom. The molecule has 0 saturated carbocycles. The van der Waals surface area contributed by atoms with Crippen LogP contribution in [-0.2, 0) is 14.3 Å². The second-order valence-corrected chi connectivity index (χ2v) is 4.44. The molecule has 1 amide bonds. The number of hydrogen-bond donors (Lipinski definition) is 1. The summed E-state index contributed by atoms with van der Waals surface area (Å²) >= 11 is 0. The molecule has 0 spiro atoms. The molecule has 2 aromatic rings. The fourth-order valence-electron chi connectivity index (χ4n) is 1.81. The van der Waals surface area contributed by atoms with Crippen molar-refractivity contribution in [3.05, 3.63) is 41.9 Å². The van der Waals surface area contributed by atoms with Gasteiger partial charge in [0.2, 0.25) is 11.6 Å². The number of anilines is 1. The monoisotopic (exact) mass is 287 g/mol. The minimum absolute atomic E-state index is 0.00609. The average Bonchev–Trinajstić information content (AvgIpc) is 2.97. The quantitative estimate of drug-likeness (QED) is 0.927. The third-order valence-electron chi connectivity index (χ3n) is 2.78. The van der Waals surface area contributed by atoms with Gasteiger partial charge in [0.15, 0.2) is 0 Å². The van der Waals surface area contributed by atoms with Crippen molar-refractivity contribution < 1.29 is 18.7 Å². The van der Waals surface area contributed by atoms with E-state index in [1.807, 2.05) is 31.2 Å². The van der Waals surface area contributed by atoms with E-state index in [2.05, 4.69) is 15.5 Å². The van der Waals surface area contributed by atoms with Crippen LogP contribution in [0, 0.1) is 6.92 Å². The number of aromatic nitrogens is 2. The van der Waals surface area contributed by atoms with Crippen LogP contribution in [0.4, 0.5) is 6.01 Å². The van der Waals surface area contributed by atoms with Gasteiger partial charge in [-0.05, 0) is 19.1 Å². The summed E-state index contributed by atoms with van der Waals surface area (Å²) in [5, 5.41) is 10.2. The van der Waals surface area contributed by atoms with Gasteiger partial charge in [-0.25, -0.2) is 0 Å². The highest BCUT2D eigenvalue weighted by Gasteiger charge is 2.18. The van der Waals surface area contributed by atoms with Gasteiger partial charge in [-0.2, -0.15) is 0 Å². The molecule has 21 heavy (non-hydrogen) atoms. The van der Waals surface area contributed by atoms with Crippen molar-refractivity contribution in [1.29, 1.82) is 0 Å². The zero-order valence-electron chi connectivity index (χ0n) is 11.3. The van der Waals surface area contributed by atoms with Gasteiger partial charge in [0.25, 0.3) is 5.91 Å². The maximum Gasteiger partial charge on any atom is 0.322 e. The highest BCUT2D eigenvalue weighted by atomic mass is 16.6. The molecule has 0 aliphatic carbocycles. The lowest BCUT2D eigenvalue weighted by molar-refractivity contribution is -0.117. The summed E-state index contributed by atoms with van der Waals surface area (Å²) in [6, 6.07) is 7.64. The van der Waals surface area contributed by atoms with Crippen molar-refractivity contribution in [1.82, 2.24) is 10.2 Å². The van der Waals surface area contributed by atoms with E-state index in [-0.39, 0.29) is 11.8 Å². The molecule has 7 nitrogen and oxygen atoms in total. The molecular weight excluding hydrogens is 274 g/mol. The summed E-state index contributed by atoms with van der Waals surface area (Å²) in [4.78, 5) is 11.9. The molecule has 0 saturated heterocycles. The second kappa shape index (κ2) is 5.66. The highest BCUT2D eigenvalue weighted by Crippen LogP contribution is 2.21. The Hall–Kier alpha value is -2.83. The van der Waals surface area contributed by atoms with Crippen LogP contribution in [0.3, 0.4) is 0 Å². The number of carbonyl (C=O) groups is 1. The van der Waals surface area contributed by atoms with Gasteiger partial charge in [0.1, 0.15) is 19.5 Å². The minimum Gasteiger partial charge on any atom is -0.494 e. The van der Waals surface area contributed by atoms with Gasteiger partial charge in [0, 0.05) is 5.56 Å². The largest absolute Gasteiger partial charge is 0.494 e. The maximum atomic E-state index is 11.9. The van der Waals surface area contributed by atoms with Crippen LogP contribution in [-0.4, -0.2) is 29.3 Å². The molecule has 1 N–H and O–H groups in total. The van der Waals surface area contributed by atoms with Crippen LogP contribution < -0.4 is 5.32 Å². The average molecular weight is 287 g/mol. The zero-order valence-corrected chi connectivity index (χ0v) is 11.3. The molecule has 1 aliphatic heterocycles. The first-order chi connectivity index (χ1) is 10.2. The molecule has 1 aromatic heterocycles. The van der Waals surface area contributed by atoms with Gasteiger partial charge < -0.3 is 13.9 Å². The van der Waals surface area contributed by atoms with Gasteiger partial charge >= 0.3 is 6.01 Å². The molecule has 7 heteroatoms. The first kappa shape index (κ1) is 13.2. The number of ether oxygens (including phenoxy) is 2. The first-order valence-corrected chi connectivity index (χ1v) is 6.39. The van der Waals surface area contributed by atoms with E-state index in [4.69, 9.17) is 13.9 Å². The molecule has 1 aromatic carbocycles. The van der Waals surface area contributed by atoms with Crippen LogP contribution >= 0.6 is 0 Å². The van der Waals surface area contributed by atoms with Crippen molar-refractivity contribution in [2.75, 3.05) is 18.5 Å². The lowest BCUT2D eigenvalue weighted by atomic mass is 10.1. The van der Waals surface area contributed by atoms with Gasteiger partial charge in [-0.15, -0.1) is 5.10 Å². The Kier molecular flexibility index (Phi) is 3.55. The Bertz CT molecular complexity index is 693. The summed E-state index contributed by atoms with van der Waals surface area (Å²) < 4.78 is 15.6. The number of hydrogen-bond acceptors (Lipinski definition) is 6. The molecule has 3 rings (SSSR count). The van der Waals surface area contributed by atoms with Gasteiger partial charge in [-0.3, -0.25) is 10.1 Å². The number of nitrogens with one attached hydrogen (secondary N) is 1. The smallest absolute Gasteiger partial charge is 0.322 e. The summed E-state index contributed by atoms with van der Waals surface area (Å²) in [5.41, 5.74) is 1.87. The molecule has 0 unspecified atom stereocenters. The lowest BCUT2D eigenvalue weighted by Crippen LogP contribution is -2.21. The van der Waals surface area contributed by atoms with Crippen LogP contribution in [0.5, 0.6) is 0 Å². The molecule has 1 aliphatic rings. The zero-order chi connectivity index (χ0) is 14.7. The van der Waals surface area contributed by atoms with Crippen molar-refractivity contribution in [3.63, 3.8) is 0 Å². The van der Waals surface area contributed by atoms with E-state index >= 15 is 0 Å². The predicted octanol–water partition coefficient (Wildman–Crippen LogP) is 1.87. The normalized spacial score (nSPS) is 13.9. The van der Waals surface area contributed by atoms with Crippen LogP contribution in [0.15, 0.2) is 40.7 Å². The van der Waals surface area contributed by atoms with E-state index in [9.17, 15) is 4.79 Å². The minimum atomic E-state index is -0.492. The SMILES string of the molecule is Cc1cccc(-c2nnc(NC(=O)C3=COCCO3)o2)c1. The van der Waals surface area contributed by atoms with Crippen molar-refractivity contribution in [2.45, 2.75) is 6.92 Å². The van der Waals surface area contributed by atoms with E-state index < -0.39 is 5.91 Å². The number of carbonyl (C=O) groups excluding carboxylic acids is 1. The van der Waals surface area contributed by atoms with E-state index in [1.54, 1.807) is 0 Å². The molecule has 108 valence electrons. The Labute approximate surface area is 120 Å². The van der Waals surface area contributed by atoms with E-state index in [0.717, 1.165) is 11.1 Å². The topological polar surface area (TPSA) is 86.5 Å². The Morgan fingerprint density at radius 3 is 2.95 bits per heavy atom. The van der Waals surface area contributed by atoms with Crippen LogP contribution in [0.1, 0.15) is 5.56 Å². The predicted molar refractivity (Wildman–Crippen MR) is 73.1 cm³/mol. The summed E-state index contributed by atoms with van der Waals surface area (Å²) in [6.07, 6.45) is 1.26. The van der Waals surface area contributed by atoms with Gasteiger partial charge in [0.05, 0.1) is 0 Å². The Morgan fingerprint density at radius 1 is 1.29 bits per heavy atom. The first-order valence-electron chi connectivity index (χ1n) is 6.39. The number of benzene rings is 1. The fraction of sp³-hybridized carbons (Fsp3) is 0.214. The summed E-state index contributed by atoms with van der Waals surface area (Å²) in [7, 11) is 0. The van der Waals surface area contributed by atoms with Crippen molar-refractivity contribution in [2.24, 2.45) is 0 Å². The molecular formula is C14H13N3O4. The van der Waals surface area contributed by atoms with Gasteiger partial charge in [-0.1, -0.05) is 22.8 Å². The standard InChI is InChI=1S/C14H13N3O4/c1-9-3-2-4-10(7-9)13-16-17-14(21-13)15-12(18)11-8-19-5-6-20-11/h2-4,7-8H,5-6H2,1H3,(H,15,17,18). The molecule has 0 atom stereocenters. The third kappa shape index (κ3) is 3.02. The summed E-state index contributed by atoms with van der Waals surface area (Å²) in [5.74, 6) is -0.0745. The number of aryl methyl sites for hydroxylation is 1. The fourth-order valence-corrected chi connectivity index (χ4v) is 1.81. The van der Waals surface area contributed by atoms with Crippen LogP contribution in [0.2, 0.25) is 0 Å². The number of nitrogens with zero attached hydrogens (tertiary/aromatic N) is 2. The third-order valence-corrected chi connectivity index (χ3v) is 2.78. The number of amides is 1. The summed E-state index contributed by atoms with van der Waals surface area (Å²) in [6.45, 7) is 2.72.